The number of aryl methyl sites for hydroxylation is 2. The van der Waals surface area contributed by atoms with Gasteiger partial charge in [-0.15, -0.1) is 0 Å². The van der Waals surface area contributed by atoms with Gasteiger partial charge < -0.3 is 14.8 Å². The van der Waals surface area contributed by atoms with Gasteiger partial charge in [-0.05, 0) is 45.2 Å². The van der Waals surface area contributed by atoms with Crippen LogP contribution in [0.25, 0.3) is 0 Å². The maximum atomic E-state index is 13.3. The van der Waals surface area contributed by atoms with Gasteiger partial charge in [0.15, 0.2) is 0 Å². The first-order valence-electron chi connectivity index (χ1n) is 9.11. The van der Waals surface area contributed by atoms with Crippen molar-refractivity contribution in [2.75, 3.05) is 25.1 Å². The predicted molar refractivity (Wildman–Crippen MR) is 102 cm³/mol. The highest BCUT2D eigenvalue weighted by molar-refractivity contribution is 5.99. The van der Waals surface area contributed by atoms with E-state index in [0.717, 1.165) is 16.7 Å². The van der Waals surface area contributed by atoms with E-state index < -0.39 is 5.41 Å². The van der Waals surface area contributed by atoms with E-state index in [1.165, 1.54) is 0 Å². The Morgan fingerprint density at radius 3 is 2.69 bits per heavy atom. The fourth-order valence-electron chi connectivity index (χ4n) is 3.48. The molecule has 1 aromatic carbocycles. The summed E-state index contributed by atoms with van der Waals surface area (Å²) in [5, 5.41) is 3.07. The van der Waals surface area contributed by atoms with Crippen LogP contribution in [0.15, 0.2) is 36.5 Å². The fraction of sp³-hybridized carbons (Fsp3) is 0.429. The highest BCUT2D eigenvalue weighted by atomic mass is 16.5. The van der Waals surface area contributed by atoms with Crippen molar-refractivity contribution in [3.05, 3.63) is 53.2 Å². The molecule has 3 rings (SSSR count). The van der Waals surface area contributed by atoms with E-state index in [4.69, 9.17) is 9.47 Å². The number of pyridine rings is 1. The Bertz CT molecular complexity index is 783. The maximum Gasteiger partial charge on any atom is 0.235 e. The molecule has 1 fully saturated rings. The standard InChI is InChI=1S/C21H26N2O3/c1-4-26-19-16(3)13-18(14-22-19)23-20(24)21(8-10-25-11-9-21)17-7-5-6-15(2)12-17/h5-7,12-14H,4,8-11H2,1-3H3,(H,23,24). The van der Waals surface area contributed by atoms with Gasteiger partial charge in [-0.1, -0.05) is 29.8 Å². The maximum absolute atomic E-state index is 13.3. The van der Waals surface area contributed by atoms with Gasteiger partial charge in [0.05, 0.1) is 23.9 Å². The zero-order valence-electron chi connectivity index (χ0n) is 15.7. The molecule has 1 N–H and O–H groups in total. The van der Waals surface area contributed by atoms with Crippen LogP contribution in [-0.4, -0.2) is 30.7 Å². The Balaban J connectivity index is 1.88. The smallest absolute Gasteiger partial charge is 0.235 e. The van der Waals surface area contributed by atoms with Gasteiger partial charge in [0.2, 0.25) is 11.8 Å². The molecule has 0 spiro atoms. The van der Waals surface area contributed by atoms with E-state index in [1.54, 1.807) is 6.20 Å². The molecular formula is C21H26N2O3. The van der Waals surface area contributed by atoms with E-state index in [-0.39, 0.29) is 5.91 Å². The van der Waals surface area contributed by atoms with Crippen molar-refractivity contribution in [3.8, 4) is 5.88 Å². The SMILES string of the molecule is CCOc1ncc(NC(=O)C2(c3cccc(C)c3)CCOCC2)cc1C. The second-order valence-electron chi connectivity index (χ2n) is 6.80. The third kappa shape index (κ3) is 3.73. The van der Waals surface area contributed by atoms with Gasteiger partial charge in [0.25, 0.3) is 0 Å². The van der Waals surface area contributed by atoms with Crippen LogP contribution < -0.4 is 10.1 Å². The Morgan fingerprint density at radius 1 is 1.27 bits per heavy atom. The number of amides is 1. The molecule has 0 atom stereocenters. The molecule has 138 valence electrons. The highest BCUT2D eigenvalue weighted by Gasteiger charge is 2.41. The van der Waals surface area contributed by atoms with Gasteiger partial charge in [0.1, 0.15) is 0 Å². The third-order valence-corrected chi connectivity index (χ3v) is 4.92. The molecule has 2 aromatic rings. The first kappa shape index (κ1) is 18.4. The fourth-order valence-corrected chi connectivity index (χ4v) is 3.48. The Hall–Kier alpha value is -2.40. The number of hydrogen-bond acceptors (Lipinski definition) is 4. The molecule has 0 radical (unpaired) electrons. The molecule has 1 aromatic heterocycles. The van der Waals surface area contributed by atoms with Crippen molar-refractivity contribution in [1.29, 1.82) is 0 Å². The third-order valence-electron chi connectivity index (χ3n) is 4.92. The predicted octanol–water partition coefficient (Wildman–Crippen LogP) is 3.78. The number of rotatable bonds is 5. The van der Waals surface area contributed by atoms with E-state index in [0.29, 0.717) is 44.2 Å². The molecule has 26 heavy (non-hydrogen) atoms. The quantitative estimate of drug-likeness (QED) is 0.887. The summed E-state index contributed by atoms with van der Waals surface area (Å²) >= 11 is 0. The van der Waals surface area contributed by atoms with Crippen molar-refractivity contribution in [1.82, 2.24) is 4.98 Å². The lowest BCUT2D eigenvalue weighted by molar-refractivity contribution is -0.125. The lowest BCUT2D eigenvalue weighted by atomic mass is 9.73. The van der Waals surface area contributed by atoms with Gasteiger partial charge in [-0.2, -0.15) is 0 Å². The molecule has 5 nitrogen and oxygen atoms in total. The summed E-state index contributed by atoms with van der Waals surface area (Å²) in [7, 11) is 0. The van der Waals surface area contributed by atoms with E-state index in [2.05, 4.69) is 16.4 Å². The Labute approximate surface area is 154 Å². The first-order valence-corrected chi connectivity index (χ1v) is 9.11. The summed E-state index contributed by atoms with van der Waals surface area (Å²) in [5.41, 5.74) is 3.22. The second kappa shape index (κ2) is 7.87. The van der Waals surface area contributed by atoms with Gasteiger partial charge >= 0.3 is 0 Å². The van der Waals surface area contributed by atoms with Crippen LogP contribution in [0, 0.1) is 13.8 Å². The zero-order chi connectivity index (χ0) is 18.6. The van der Waals surface area contributed by atoms with E-state index >= 15 is 0 Å². The van der Waals surface area contributed by atoms with Gasteiger partial charge in [0, 0.05) is 18.8 Å². The molecule has 0 bridgehead atoms. The monoisotopic (exact) mass is 354 g/mol. The van der Waals surface area contributed by atoms with Crippen molar-refractivity contribution in [2.24, 2.45) is 0 Å². The molecule has 0 aliphatic carbocycles. The molecule has 1 saturated heterocycles. The summed E-state index contributed by atoms with van der Waals surface area (Å²) in [4.78, 5) is 17.6. The van der Waals surface area contributed by atoms with Crippen LogP contribution in [0.4, 0.5) is 5.69 Å². The molecule has 1 amide bonds. The Morgan fingerprint density at radius 2 is 2.04 bits per heavy atom. The number of carbonyl (C=O) groups excluding carboxylic acids is 1. The van der Waals surface area contributed by atoms with E-state index in [9.17, 15) is 4.79 Å². The normalized spacial score (nSPS) is 16.1. The molecule has 0 saturated carbocycles. The van der Waals surface area contributed by atoms with Crippen LogP contribution >= 0.6 is 0 Å². The van der Waals surface area contributed by atoms with Crippen molar-refractivity contribution >= 4 is 11.6 Å². The number of benzene rings is 1. The van der Waals surface area contributed by atoms with Crippen LogP contribution in [0.3, 0.4) is 0 Å². The average molecular weight is 354 g/mol. The summed E-state index contributed by atoms with van der Waals surface area (Å²) in [6, 6.07) is 10.1. The number of nitrogens with zero attached hydrogens (tertiary/aromatic N) is 1. The Kier molecular flexibility index (Phi) is 5.57. The van der Waals surface area contributed by atoms with Crippen molar-refractivity contribution < 1.29 is 14.3 Å². The largest absolute Gasteiger partial charge is 0.478 e. The van der Waals surface area contributed by atoms with Crippen LogP contribution in [0.1, 0.15) is 36.5 Å². The number of ether oxygens (including phenoxy) is 2. The van der Waals surface area contributed by atoms with Crippen molar-refractivity contribution in [3.63, 3.8) is 0 Å². The molecule has 1 aliphatic heterocycles. The number of anilines is 1. The molecule has 0 unspecified atom stereocenters. The average Bonchev–Trinajstić information content (AvgIpc) is 2.64. The number of carbonyl (C=O) groups is 1. The van der Waals surface area contributed by atoms with Gasteiger partial charge in [-0.25, -0.2) is 4.98 Å². The molecule has 5 heteroatoms. The minimum absolute atomic E-state index is 0.00300. The number of aromatic nitrogens is 1. The number of hydrogen-bond donors (Lipinski definition) is 1. The summed E-state index contributed by atoms with van der Waals surface area (Å²) in [5.74, 6) is 0.599. The highest BCUT2D eigenvalue weighted by Crippen LogP contribution is 2.36. The number of nitrogens with one attached hydrogen (secondary N) is 1. The topological polar surface area (TPSA) is 60.5 Å². The van der Waals surface area contributed by atoms with Crippen molar-refractivity contribution in [2.45, 2.75) is 39.0 Å². The lowest BCUT2D eigenvalue weighted by Crippen LogP contribution is -2.44. The summed E-state index contributed by atoms with van der Waals surface area (Å²) < 4.78 is 11.0. The minimum Gasteiger partial charge on any atom is -0.478 e. The van der Waals surface area contributed by atoms with Crippen LogP contribution in [0.2, 0.25) is 0 Å². The molecule has 1 aliphatic rings. The second-order valence-corrected chi connectivity index (χ2v) is 6.80. The molecule has 2 heterocycles. The van der Waals surface area contributed by atoms with Crippen LogP contribution in [0.5, 0.6) is 5.88 Å². The first-order chi connectivity index (χ1) is 12.5. The molecular weight excluding hydrogens is 328 g/mol. The summed E-state index contributed by atoms with van der Waals surface area (Å²) in [6.45, 7) is 7.64. The summed E-state index contributed by atoms with van der Waals surface area (Å²) in [6.07, 6.45) is 3.00. The van der Waals surface area contributed by atoms with Crippen LogP contribution in [-0.2, 0) is 14.9 Å². The van der Waals surface area contributed by atoms with Gasteiger partial charge in [-0.3, -0.25) is 4.79 Å². The lowest BCUT2D eigenvalue weighted by Gasteiger charge is -2.36. The van der Waals surface area contributed by atoms with E-state index in [1.807, 2.05) is 45.0 Å². The zero-order valence-corrected chi connectivity index (χ0v) is 15.7. The minimum atomic E-state index is -0.573.